The van der Waals surface area contributed by atoms with Gasteiger partial charge in [0.2, 0.25) is 0 Å². The molecule has 6 heteroatoms. The highest BCUT2D eigenvalue weighted by molar-refractivity contribution is 5.92. The van der Waals surface area contributed by atoms with Crippen molar-refractivity contribution in [2.75, 3.05) is 7.05 Å². The molecule has 1 atom stereocenters. The zero-order valence-electron chi connectivity index (χ0n) is 17.1. The first-order valence-corrected chi connectivity index (χ1v) is 9.98. The summed E-state index contributed by atoms with van der Waals surface area (Å²) in [5, 5.41) is 4.44. The van der Waals surface area contributed by atoms with Crippen molar-refractivity contribution in [3.63, 3.8) is 0 Å². The zero-order chi connectivity index (χ0) is 20.3. The number of ether oxygens (including phenoxy) is 1. The molecule has 1 saturated carbocycles. The number of carbonyl (C=O) groups excluding carboxylic acids is 2. The molecule has 1 heterocycles. The maximum Gasteiger partial charge on any atom is 0.338 e. The van der Waals surface area contributed by atoms with Gasteiger partial charge in [0.25, 0.3) is 5.91 Å². The first-order valence-electron chi connectivity index (χ1n) is 9.98. The van der Waals surface area contributed by atoms with E-state index in [2.05, 4.69) is 5.10 Å². The van der Waals surface area contributed by atoms with E-state index < -0.39 is 12.1 Å². The number of esters is 1. The van der Waals surface area contributed by atoms with E-state index in [1.807, 2.05) is 43.8 Å². The summed E-state index contributed by atoms with van der Waals surface area (Å²) in [6.07, 6.45) is 4.79. The number of rotatable bonds is 5. The summed E-state index contributed by atoms with van der Waals surface area (Å²) in [6.45, 7) is 5.57. The second-order valence-electron chi connectivity index (χ2n) is 7.67. The average molecular weight is 383 g/mol. The SMILES string of the molecule is Cc1cc(C)n(-c2ccc(C(=O)OC(C)C(=O)N(C)C3CCCCC3)cc2)n1. The number of aromatic nitrogens is 2. The van der Waals surface area contributed by atoms with Crippen LogP contribution in [0.4, 0.5) is 0 Å². The number of likely N-dealkylation sites (N-methyl/N-ethyl adjacent to an activating group) is 1. The monoisotopic (exact) mass is 383 g/mol. The Morgan fingerprint density at radius 1 is 1.14 bits per heavy atom. The normalized spacial score (nSPS) is 15.9. The number of nitrogens with zero attached hydrogens (tertiary/aromatic N) is 3. The molecule has 28 heavy (non-hydrogen) atoms. The lowest BCUT2D eigenvalue weighted by Crippen LogP contribution is -2.44. The summed E-state index contributed by atoms with van der Waals surface area (Å²) in [5.41, 5.74) is 3.27. The van der Waals surface area contributed by atoms with Gasteiger partial charge in [0.15, 0.2) is 6.10 Å². The van der Waals surface area contributed by atoms with E-state index in [0.29, 0.717) is 5.56 Å². The van der Waals surface area contributed by atoms with E-state index in [4.69, 9.17) is 4.74 Å². The fraction of sp³-hybridized carbons (Fsp3) is 0.500. The molecule has 1 aliphatic rings. The standard InChI is InChI=1S/C22H29N3O3/c1-15-14-16(2)25(23-15)20-12-10-18(11-13-20)22(27)28-17(3)21(26)24(4)19-8-6-5-7-9-19/h10-14,17,19H,5-9H2,1-4H3. The highest BCUT2D eigenvalue weighted by Crippen LogP contribution is 2.22. The predicted molar refractivity (Wildman–Crippen MR) is 108 cm³/mol. The average Bonchev–Trinajstić information content (AvgIpc) is 3.05. The molecule has 1 aromatic carbocycles. The summed E-state index contributed by atoms with van der Waals surface area (Å²) >= 11 is 0. The lowest BCUT2D eigenvalue weighted by Gasteiger charge is -2.32. The topological polar surface area (TPSA) is 64.4 Å². The lowest BCUT2D eigenvalue weighted by molar-refractivity contribution is -0.141. The molecule has 0 saturated heterocycles. The van der Waals surface area contributed by atoms with E-state index >= 15 is 0 Å². The fourth-order valence-corrected chi connectivity index (χ4v) is 3.84. The third kappa shape index (κ3) is 4.43. The Balaban J connectivity index is 1.62. The molecule has 3 rings (SSSR count). The Kier molecular flexibility index (Phi) is 6.17. The summed E-state index contributed by atoms with van der Waals surface area (Å²) in [5.74, 6) is -0.627. The molecular formula is C22H29N3O3. The molecule has 1 aliphatic carbocycles. The minimum absolute atomic E-state index is 0.139. The largest absolute Gasteiger partial charge is 0.449 e. The minimum Gasteiger partial charge on any atom is -0.449 e. The van der Waals surface area contributed by atoms with Gasteiger partial charge < -0.3 is 9.64 Å². The van der Waals surface area contributed by atoms with Crippen LogP contribution in [0.2, 0.25) is 0 Å². The fourth-order valence-electron chi connectivity index (χ4n) is 3.84. The highest BCUT2D eigenvalue weighted by atomic mass is 16.5. The first kappa shape index (κ1) is 20.1. The van der Waals surface area contributed by atoms with Gasteiger partial charge in [-0.1, -0.05) is 19.3 Å². The Bertz CT molecular complexity index is 835. The van der Waals surface area contributed by atoms with E-state index in [9.17, 15) is 9.59 Å². The van der Waals surface area contributed by atoms with Crippen molar-refractivity contribution >= 4 is 11.9 Å². The third-order valence-electron chi connectivity index (χ3n) is 5.46. The van der Waals surface area contributed by atoms with Crippen molar-refractivity contribution in [2.24, 2.45) is 0 Å². The van der Waals surface area contributed by atoms with Crippen LogP contribution in [0.5, 0.6) is 0 Å². The molecule has 0 spiro atoms. The smallest absolute Gasteiger partial charge is 0.338 e. The molecule has 2 aromatic rings. The van der Waals surface area contributed by atoms with Crippen LogP contribution in [0.15, 0.2) is 30.3 Å². The van der Waals surface area contributed by atoms with Crippen LogP contribution >= 0.6 is 0 Å². The van der Waals surface area contributed by atoms with Gasteiger partial charge >= 0.3 is 5.97 Å². The number of hydrogen-bond donors (Lipinski definition) is 0. The van der Waals surface area contributed by atoms with Crippen LogP contribution in [-0.2, 0) is 9.53 Å². The van der Waals surface area contributed by atoms with Crippen LogP contribution in [0.25, 0.3) is 5.69 Å². The number of carbonyl (C=O) groups is 2. The second kappa shape index (κ2) is 8.59. The molecule has 1 fully saturated rings. The van der Waals surface area contributed by atoms with Crippen LogP contribution in [0.3, 0.4) is 0 Å². The maximum absolute atomic E-state index is 12.6. The minimum atomic E-state index is -0.796. The van der Waals surface area contributed by atoms with E-state index in [0.717, 1.165) is 42.8 Å². The molecule has 6 nitrogen and oxygen atoms in total. The Labute approximate surface area is 166 Å². The Morgan fingerprint density at radius 3 is 2.36 bits per heavy atom. The van der Waals surface area contributed by atoms with Crippen molar-refractivity contribution < 1.29 is 14.3 Å². The molecule has 1 unspecified atom stereocenters. The van der Waals surface area contributed by atoms with Crippen molar-refractivity contribution in [1.29, 1.82) is 0 Å². The summed E-state index contributed by atoms with van der Waals surface area (Å²) in [4.78, 5) is 26.8. The van der Waals surface area contributed by atoms with E-state index in [1.165, 1.54) is 6.42 Å². The summed E-state index contributed by atoms with van der Waals surface area (Å²) < 4.78 is 7.26. The summed E-state index contributed by atoms with van der Waals surface area (Å²) in [7, 11) is 1.81. The van der Waals surface area contributed by atoms with Crippen molar-refractivity contribution in [2.45, 2.75) is 65.0 Å². The molecule has 1 aromatic heterocycles. The van der Waals surface area contributed by atoms with Crippen molar-refractivity contribution in [3.05, 3.63) is 47.3 Å². The van der Waals surface area contributed by atoms with Crippen LogP contribution < -0.4 is 0 Å². The van der Waals surface area contributed by atoms with Crippen LogP contribution in [0, 0.1) is 13.8 Å². The highest BCUT2D eigenvalue weighted by Gasteiger charge is 2.28. The van der Waals surface area contributed by atoms with Gasteiger partial charge in [0, 0.05) is 18.8 Å². The van der Waals surface area contributed by atoms with Crippen LogP contribution in [-0.4, -0.2) is 45.8 Å². The number of aryl methyl sites for hydroxylation is 2. The van der Waals surface area contributed by atoms with Gasteiger partial charge in [0.05, 0.1) is 16.9 Å². The second-order valence-corrected chi connectivity index (χ2v) is 7.67. The Morgan fingerprint density at radius 2 is 1.79 bits per heavy atom. The van der Waals surface area contributed by atoms with Crippen molar-refractivity contribution in [1.82, 2.24) is 14.7 Å². The molecular weight excluding hydrogens is 354 g/mol. The van der Waals surface area contributed by atoms with Gasteiger partial charge in [-0.25, -0.2) is 9.48 Å². The predicted octanol–water partition coefficient (Wildman–Crippen LogP) is 3.83. The number of benzene rings is 1. The number of hydrogen-bond acceptors (Lipinski definition) is 4. The summed E-state index contributed by atoms with van der Waals surface area (Å²) in [6, 6.07) is 9.32. The lowest BCUT2D eigenvalue weighted by atomic mass is 9.94. The first-order chi connectivity index (χ1) is 13.4. The molecule has 0 radical (unpaired) electrons. The molecule has 150 valence electrons. The van der Waals surface area contributed by atoms with Gasteiger partial charge in [0.1, 0.15) is 0 Å². The molecule has 0 aliphatic heterocycles. The number of amides is 1. The van der Waals surface area contributed by atoms with Gasteiger partial charge in [-0.05, 0) is 63.9 Å². The van der Waals surface area contributed by atoms with Gasteiger partial charge in [-0.3, -0.25) is 4.79 Å². The zero-order valence-corrected chi connectivity index (χ0v) is 17.1. The Hall–Kier alpha value is -2.63. The van der Waals surface area contributed by atoms with Gasteiger partial charge in [-0.2, -0.15) is 5.10 Å². The van der Waals surface area contributed by atoms with Crippen LogP contribution in [0.1, 0.15) is 60.8 Å². The van der Waals surface area contributed by atoms with Gasteiger partial charge in [-0.15, -0.1) is 0 Å². The van der Waals surface area contributed by atoms with Crippen molar-refractivity contribution in [3.8, 4) is 5.69 Å². The molecule has 1 amide bonds. The molecule has 0 bridgehead atoms. The van der Waals surface area contributed by atoms with E-state index in [1.54, 1.807) is 24.0 Å². The quantitative estimate of drug-likeness (QED) is 0.736. The third-order valence-corrected chi connectivity index (χ3v) is 5.46. The molecule has 0 N–H and O–H groups in total. The maximum atomic E-state index is 12.6. The van der Waals surface area contributed by atoms with E-state index in [-0.39, 0.29) is 11.9 Å².